The SMILES string of the molecule is COB(OC)c1ccc(C[C@H](NC(=O)c2ccc(C(C)(C)C)cc2)C(=O)OC)cc1. The standard InChI is InChI=1S/C23H30BNO5/c1-23(2,3)18-11-9-17(10-12-18)21(26)25-20(22(27)28-4)15-16-7-13-19(14-8-16)24(29-5)30-6/h7-14,20H,15H2,1-6H3,(H,25,26)/t20-/m0/s1. The van der Waals surface area contributed by atoms with Gasteiger partial charge in [-0.05, 0) is 34.1 Å². The number of carbonyl (C=O) groups excluding carboxylic acids is 2. The molecule has 0 saturated carbocycles. The summed E-state index contributed by atoms with van der Waals surface area (Å²) >= 11 is 0. The highest BCUT2D eigenvalue weighted by Gasteiger charge is 2.24. The quantitative estimate of drug-likeness (QED) is 0.534. The van der Waals surface area contributed by atoms with E-state index in [0.29, 0.717) is 12.0 Å². The summed E-state index contributed by atoms with van der Waals surface area (Å²) in [5, 5.41) is 2.79. The molecule has 1 amide bonds. The van der Waals surface area contributed by atoms with Gasteiger partial charge in [0.15, 0.2) is 0 Å². The molecule has 2 aromatic carbocycles. The second-order valence-electron chi connectivity index (χ2n) is 8.13. The van der Waals surface area contributed by atoms with Crippen LogP contribution in [-0.4, -0.2) is 46.4 Å². The van der Waals surface area contributed by atoms with E-state index >= 15 is 0 Å². The fourth-order valence-corrected chi connectivity index (χ4v) is 3.11. The van der Waals surface area contributed by atoms with Gasteiger partial charge < -0.3 is 19.4 Å². The maximum Gasteiger partial charge on any atom is 0.493 e. The molecule has 0 aromatic heterocycles. The molecule has 0 aliphatic carbocycles. The molecule has 2 rings (SSSR count). The molecule has 1 N–H and O–H groups in total. The molecule has 0 bridgehead atoms. The topological polar surface area (TPSA) is 73.9 Å². The van der Waals surface area contributed by atoms with E-state index in [1.807, 2.05) is 36.4 Å². The van der Waals surface area contributed by atoms with Crippen LogP contribution in [0, 0.1) is 0 Å². The molecular weight excluding hydrogens is 381 g/mol. The van der Waals surface area contributed by atoms with E-state index in [1.54, 1.807) is 26.4 Å². The maximum atomic E-state index is 12.7. The minimum Gasteiger partial charge on any atom is -0.467 e. The minimum atomic E-state index is -0.795. The lowest BCUT2D eigenvalue weighted by molar-refractivity contribution is -0.142. The van der Waals surface area contributed by atoms with Crippen molar-refractivity contribution in [1.82, 2.24) is 5.32 Å². The van der Waals surface area contributed by atoms with Crippen LogP contribution in [0.3, 0.4) is 0 Å². The number of hydrogen-bond donors (Lipinski definition) is 1. The summed E-state index contributed by atoms with van der Waals surface area (Å²) in [5.74, 6) is -0.813. The first-order valence-corrected chi connectivity index (χ1v) is 9.83. The number of hydrogen-bond acceptors (Lipinski definition) is 5. The van der Waals surface area contributed by atoms with E-state index in [4.69, 9.17) is 14.0 Å². The lowest BCUT2D eigenvalue weighted by Crippen LogP contribution is -2.43. The number of methoxy groups -OCH3 is 1. The Morgan fingerprint density at radius 1 is 0.933 bits per heavy atom. The fraction of sp³-hybridized carbons (Fsp3) is 0.391. The molecule has 0 radical (unpaired) electrons. The first kappa shape index (κ1) is 23.6. The molecule has 0 aliphatic rings. The molecule has 7 heteroatoms. The molecule has 2 aromatic rings. The van der Waals surface area contributed by atoms with Crippen LogP contribution in [0.4, 0.5) is 0 Å². The molecule has 0 spiro atoms. The second kappa shape index (κ2) is 10.4. The molecule has 1 atom stereocenters. The normalized spacial score (nSPS) is 12.2. The van der Waals surface area contributed by atoms with E-state index in [-0.39, 0.29) is 11.3 Å². The van der Waals surface area contributed by atoms with Gasteiger partial charge in [0, 0.05) is 26.2 Å². The molecule has 0 aliphatic heterocycles. The summed E-state index contributed by atoms with van der Waals surface area (Å²) in [6.07, 6.45) is 0.309. The van der Waals surface area contributed by atoms with Crippen LogP contribution in [-0.2, 0) is 30.7 Å². The van der Waals surface area contributed by atoms with Gasteiger partial charge in [-0.2, -0.15) is 0 Å². The van der Waals surface area contributed by atoms with Crippen molar-refractivity contribution in [1.29, 1.82) is 0 Å². The highest BCUT2D eigenvalue weighted by molar-refractivity contribution is 6.61. The van der Waals surface area contributed by atoms with Crippen LogP contribution < -0.4 is 10.8 Å². The summed E-state index contributed by atoms with van der Waals surface area (Å²) < 4.78 is 15.4. The number of nitrogens with one attached hydrogen (secondary N) is 1. The van der Waals surface area contributed by atoms with Gasteiger partial charge in [0.1, 0.15) is 6.04 Å². The molecule has 0 saturated heterocycles. The third-order valence-corrected chi connectivity index (χ3v) is 4.92. The zero-order valence-electron chi connectivity index (χ0n) is 18.5. The predicted octanol–water partition coefficient (Wildman–Crippen LogP) is 2.49. The van der Waals surface area contributed by atoms with Crippen molar-refractivity contribution in [3.63, 3.8) is 0 Å². The van der Waals surface area contributed by atoms with Gasteiger partial charge in [0.25, 0.3) is 5.91 Å². The summed E-state index contributed by atoms with van der Waals surface area (Å²) in [6.45, 7) is 6.34. The van der Waals surface area contributed by atoms with Crippen molar-refractivity contribution in [2.24, 2.45) is 0 Å². The van der Waals surface area contributed by atoms with Crippen molar-refractivity contribution in [2.45, 2.75) is 38.6 Å². The summed E-state index contributed by atoms with van der Waals surface area (Å²) in [6, 6.07) is 14.1. The first-order valence-electron chi connectivity index (χ1n) is 9.83. The van der Waals surface area contributed by atoms with E-state index in [2.05, 4.69) is 26.1 Å². The second-order valence-corrected chi connectivity index (χ2v) is 8.13. The molecule has 30 heavy (non-hydrogen) atoms. The number of carbonyl (C=O) groups is 2. The Bertz CT molecular complexity index is 839. The van der Waals surface area contributed by atoms with Crippen LogP contribution >= 0.6 is 0 Å². The number of benzene rings is 2. The van der Waals surface area contributed by atoms with Gasteiger partial charge in [-0.3, -0.25) is 4.79 Å². The molecule has 0 unspecified atom stereocenters. The summed E-state index contributed by atoms with van der Waals surface area (Å²) in [5.41, 5.74) is 3.37. The van der Waals surface area contributed by atoms with Crippen molar-refractivity contribution >= 4 is 24.5 Å². The smallest absolute Gasteiger partial charge is 0.467 e. The Morgan fingerprint density at radius 2 is 1.50 bits per heavy atom. The van der Waals surface area contributed by atoms with Crippen molar-refractivity contribution in [3.8, 4) is 0 Å². The van der Waals surface area contributed by atoms with E-state index in [9.17, 15) is 9.59 Å². The Kier molecular flexibility index (Phi) is 8.20. The minimum absolute atomic E-state index is 0.000358. The van der Waals surface area contributed by atoms with Crippen LogP contribution in [0.5, 0.6) is 0 Å². The van der Waals surface area contributed by atoms with Crippen LogP contribution in [0.15, 0.2) is 48.5 Å². The average Bonchev–Trinajstić information content (AvgIpc) is 2.74. The van der Waals surface area contributed by atoms with Gasteiger partial charge in [-0.25, -0.2) is 4.79 Å². The van der Waals surface area contributed by atoms with Gasteiger partial charge in [-0.15, -0.1) is 0 Å². The molecule has 0 heterocycles. The summed E-state index contributed by atoms with van der Waals surface area (Å²) in [4.78, 5) is 25.0. The van der Waals surface area contributed by atoms with Gasteiger partial charge in [-0.1, -0.05) is 57.2 Å². The number of ether oxygens (including phenoxy) is 1. The molecule has 6 nitrogen and oxygen atoms in total. The van der Waals surface area contributed by atoms with E-state index < -0.39 is 19.1 Å². The van der Waals surface area contributed by atoms with Crippen molar-refractivity contribution in [2.75, 3.05) is 21.3 Å². The molecule has 0 fully saturated rings. The monoisotopic (exact) mass is 411 g/mol. The highest BCUT2D eigenvalue weighted by Crippen LogP contribution is 2.22. The Labute approximate surface area is 179 Å². The van der Waals surface area contributed by atoms with E-state index in [1.165, 1.54) is 7.11 Å². The fourth-order valence-electron chi connectivity index (χ4n) is 3.11. The lowest BCUT2D eigenvalue weighted by Gasteiger charge is -2.20. The van der Waals surface area contributed by atoms with Gasteiger partial charge in [0.2, 0.25) is 0 Å². The van der Waals surface area contributed by atoms with Gasteiger partial charge in [0.05, 0.1) is 7.11 Å². The third kappa shape index (κ3) is 6.18. The third-order valence-electron chi connectivity index (χ3n) is 4.92. The maximum absolute atomic E-state index is 12.7. The number of esters is 1. The van der Waals surface area contributed by atoms with E-state index in [0.717, 1.165) is 16.6 Å². The zero-order chi connectivity index (χ0) is 22.3. The Balaban J connectivity index is 2.12. The number of amides is 1. The van der Waals surface area contributed by atoms with Crippen molar-refractivity contribution < 1.29 is 23.6 Å². The summed E-state index contributed by atoms with van der Waals surface area (Å²) in [7, 11) is 3.99. The zero-order valence-corrected chi connectivity index (χ0v) is 18.5. The lowest BCUT2D eigenvalue weighted by atomic mass is 9.78. The van der Waals surface area contributed by atoms with Crippen LogP contribution in [0.25, 0.3) is 0 Å². The molecule has 160 valence electrons. The van der Waals surface area contributed by atoms with Crippen LogP contribution in [0.2, 0.25) is 0 Å². The average molecular weight is 411 g/mol. The van der Waals surface area contributed by atoms with Crippen molar-refractivity contribution in [3.05, 3.63) is 65.2 Å². The highest BCUT2D eigenvalue weighted by atomic mass is 16.6. The Hall–Kier alpha value is -2.64. The number of rotatable bonds is 8. The first-order chi connectivity index (χ1) is 14.2. The largest absolute Gasteiger partial charge is 0.493 e. The Morgan fingerprint density at radius 3 is 1.97 bits per heavy atom. The van der Waals surface area contributed by atoms with Gasteiger partial charge >= 0.3 is 13.1 Å². The van der Waals surface area contributed by atoms with Crippen LogP contribution in [0.1, 0.15) is 42.3 Å². The molecular formula is C23H30BNO5. The predicted molar refractivity (Wildman–Crippen MR) is 118 cm³/mol.